The Hall–Kier alpha value is 0. The average molecular weight is 57.1 g/mol. The van der Waals surface area contributed by atoms with Crippen LogP contribution in [0.3, 0.4) is 0 Å². The summed E-state index contributed by atoms with van der Waals surface area (Å²) in [7, 11) is 0. The lowest BCUT2D eigenvalue weighted by Gasteiger charge is -1.85. The van der Waals surface area contributed by atoms with Crippen LogP contribution in [0.2, 0.25) is 0 Å². The standard InChI is InChI=1S/C4H9/c1-3-4-2/h3H,4H2,1-2H3/q-1. The fourth-order valence-electron chi connectivity index (χ4n) is 0. The second kappa shape index (κ2) is 3.00. The zero-order chi connectivity index (χ0) is 3.41. The normalized spacial score (nSPS) is 7.50. The van der Waals surface area contributed by atoms with Crippen LogP contribution in [0.1, 0.15) is 20.3 Å². The Morgan fingerprint density at radius 3 is 2.00 bits per heavy atom. The molecule has 0 spiro atoms. The van der Waals surface area contributed by atoms with Crippen molar-refractivity contribution >= 4 is 0 Å². The summed E-state index contributed by atoms with van der Waals surface area (Å²) in [6, 6.07) is 0. The van der Waals surface area contributed by atoms with Crippen LogP contribution >= 0.6 is 0 Å². The minimum absolute atomic E-state index is 1.19. The van der Waals surface area contributed by atoms with E-state index in [0.717, 1.165) is 0 Å². The first-order valence-electron chi connectivity index (χ1n) is 1.69. The van der Waals surface area contributed by atoms with E-state index in [2.05, 4.69) is 20.3 Å². The molecule has 0 saturated carbocycles. The quantitative estimate of drug-likeness (QED) is 0.401. The molecule has 0 aromatic rings. The molecule has 0 bridgehead atoms. The van der Waals surface area contributed by atoms with Crippen molar-refractivity contribution in [2.45, 2.75) is 20.3 Å². The van der Waals surface area contributed by atoms with E-state index in [4.69, 9.17) is 0 Å². The summed E-state index contributed by atoms with van der Waals surface area (Å²) in [5.41, 5.74) is 0. The minimum Gasteiger partial charge on any atom is -0.332 e. The predicted octanol–water partition coefficient (Wildman–Crippen LogP) is 1.62. The predicted molar refractivity (Wildman–Crippen MR) is 20.3 cm³/mol. The van der Waals surface area contributed by atoms with E-state index in [-0.39, 0.29) is 0 Å². The van der Waals surface area contributed by atoms with Crippen LogP contribution in [0.5, 0.6) is 0 Å². The third-order valence-corrected chi connectivity index (χ3v) is 0.408. The number of rotatable bonds is 1. The molecule has 0 aliphatic rings. The van der Waals surface area contributed by atoms with Crippen molar-refractivity contribution in [3.63, 3.8) is 0 Å². The van der Waals surface area contributed by atoms with Crippen molar-refractivity contribution in [1.29, 1.82) is 0 Å². The molecule has 26 valence electrons. The fraction of sp³-hybridized carbons (Fsp3) is 0.750. The summed E-state index contributed by atoms with van der Waals surface area (Å²) in [5, 5.41) is 0. The summed E-state index contributed by atoms with van der Waals surface area (Å²) in [4.78, 5) is 0. The van der Waals surface area contributed by atoms with Crippen molar-refractivity contribution in [3.8, 4) is 0 Å². The summed E-state index contributed by atoms with van der Waals surface area (Å²) >= 11 is 0. The maximum absolute atomic E-state index is 2.12. The average Bonchev–Trinajstić information content (AvgIpc) is 1.37. The van der Waals surface area contributed by atoms with Gasteiger partial charge in [0.15, 0.2) is 0 Å². The number of hydrogen-bond acceptors (Lipinski definition) is 0. The van der Waals surface area contributed by atoms with Gasteiger partial charge in [0, 0.05) is 0 Å². The third-order valence-electron chi connectivity index (χ3n) is 0.408. The highest BCUT2D eigenvalue weighted by Crippen LogP contribution is 1.74. The second-order valence-corrected chi connectivity index (χ2v) is 0.816. The molecule has 0 N–H and O–H groups in total. The van der Waals surface area contributed by atoms with Crippen LogP contribution in [0.25, 0.3) is 0 Å². The summed E-state index contributed by atoms with van der Waals surface area (Å²) in [6.07, 6.45) is 3.32. The van der Waals surface area contributed by atoms with E-state index in [1.165, 1.54) is 6.42 Å². The monoisotopic (exact) mass is 57.1 g/mol. The molecule has 0 saturated heterocycles. The van der Waals surface area contributed by atoms with E-state index in [1.54, 1.807) is 0 Å². The van der Waals surface area contributed by atoms with Crippen LogP contribution < -0.4 is 0 Å². The molecule has 4 heavy (non-hydrogen) atoms. The number of unbranched alkanes of at least 4 members (excludes halogenated alkanes) is 1. The van der Waals surface area contributed by atoms with Crippen LogP contribution in [0.15, 0.2) is 0 Å². The number of hydrogen-bond donors (Lipinski definition) is 0. The van der Waals surface area contributed by atoms with Gasteiger partial charge in [-0.2, -0.15) is 13.3 Å². The van der Waals surface area contributed by atoms with Crippen molar-refractivity contribution in [3.05, 3.63) is 6.42 Å². The molecule has 0 amide bonds. The first-order valence-corrected chi connectivity index (χ1v) is 1.69. The highest BCUT2D eigenvalue weighted by molar-refractivity contribution is 4.45. The van der Waals surface area contributed by atoms with Gasteiger partial charge in [-0.3, -0.25) is 0 Å². The van der Waals surface area contributed by atoms with Gasteiger partial charge in [0.05, 0.1) is 0 Å². The van der Waals surface area contributed by atoms with E-state index in [9.17, 15) is 0 Å². The Bertz CT molecular complexity index is 2.00. The Labute approximate surface area is 27.8 Å². The summed E-state index contributed by atoms with van der Waals surface area (Å²) < 4.78 is 0. The molecule has 0 atom stereocenters. The molecule has 0 aliphatic carbocycles. The Balaban J connectivity index is 1.97. The topological polar surface area (TPSA) is 0 Å². The molecule has 0 radical (unpaired) electrons. The second-order valence-electron chi connectivity index (χ2n) is 0.816. The largest absolute Gasteiger partial charge is 0.332 e. The van der Waals surface area contributed by atoms with Gasteiger partial charge in [0.25, 0.3) is 0 Å². The molecule has 0 unspecified atom stereocenters. The maximum Gasteiger partial charge on any atom is -0.0925 e. The minimum atomic E-state index is 1.19. The van der Waals surface area contributed by atoms with Crippen molar-refractivity contribution in [1.82, 2.24) is 0 Å². The van der Waals surface area contributed by atoms with Crippen LogP contribution in [-0.2, 0) is 0 Å². The van der Waals surface area contributed by atoms with Crippen molar-refractivity contribution < 1.29 is 0 Å². The van der Waals surface area contributed by atoms with Gasteiger partial charge in [0.2, 0.25) is 0 Å². The molecule has 0 nitrogen and oxygen atoms in total. The van der Waals surface area contributed by atoms with Gasteiger partial charge in [-0.25, -0.2) is 0 Å². The van der Waals surface area contributed by atoms with Crippen molar-refractivity contribution in [2.24, 2.45) is 0 Å². The van der Waals surface area contributed by atoms with Crippen LogP contribution in [-0.4, -0.2) is 0 Å². The zero-order valence-electron chi connectivity index (χ0n) is 3.28. The van der Waals surface area contributed by atoms with Gasteiger partial charge in [0.1, 0.15) is 0 Å². The fourth-order valence-corrected chi connectivity index (χ4v) is 0. The Morgan fingerprint density at radius 1 is 1.75 bits per heavy atom. The SMILES string of the molecule is C[CH-]CC. The van der Waals surface area contributed by atoms with Gasteiger partial charge in [-0.15, -0.1) is 0 Å². The van der Waals surface area contributed by atoms with Crippen LogP contribution in [0, 0.1) is 6.42 Å². The van der Waals surface area contributed by atoms with E-state index < -0.39 is 0 Å². The van der Waals surface area contributed by atoms with E-state index in [1.807, 2.05) is 0 Å². The van der Waals surface area contributed by atoms with Gasteiger partial charge < -0.3 is 6.42 Å². The molecule has 0 heterocycles. The molecule has 0 fully saturated rings. The molecule has 0 aromatic heterocycles. The lowest BCUT2D eigenvalue weighted by atomic mass is 10.4. The van der Waals surface area contributed by atoms with Gasteiger partial charge in [-0.05, 0) is 0 Å². The van der Waals surface area contributed by atoms with Crippen LogP contribution in [0.4, 0.5) is 0 Å². The van der Waals surface area contributed by atoms with Gasteiger partial charge >= 0.3 is 0 Å². The molecular formula is C4H9-. The van der Waals surface area contributed by atoms with E-state index in [0.29, 0.717) is 0 Å². The molecule has 0 rings (SSSR count). The summed E-state index contributed by atoms with van der Waals surface area (Å²) in [5.74, 6) is 0. The third kappa shape index (κ3) is 2.00. The highest BCUT2D eigenvalue weighted by Gasteiger charge is 1.40. The lowest BCUT2D eigenvalue weighted by molar-refractivity contribution is 1.10. The van der Waals surface area contributed by atoms with Gasteiger partial charge in [-0.1, -0.05) is 6.92 Å². The lowest BCUT2D eigenvalue weighted by Crippen LogP contribution is -1.50. The molecular weight excluding hydrogens is 48.0 g/mol. The summed E-state index contributed by atoms with van der Waals surface area (Å²) in [6.45, 7) is 4.18. The molecule has 0 aliphatic heterocycles. The highest BCUT2D eigenvalue weighted by atomic mass is 13.6. The van der Waals surface area contributed by atoms with Crippen molar-refractivity contribution in [2.75, 3.05) is 0 Å². The maximum atomic E-state index is 2.12. The Kier molecular flexibility index (Phi) is 3.00. The zero-order valence-corrected chi connectivity index (χ0v) is 3.28. The first-order chi connectivity index (χ1) is 1.91. The molecule has 0 heteroatoms. The molecule has 0 aromatic carbocycles. The smallest absolute Gasteiger partial charge is 0.0925 e. The first kappa shape index (κ1) is 4.00. The van der Waals surface area contributed by atoms with E-state index >= 15 is 0 Å². The Morgan fingerprint density at radius 2 is 2.00 bits per heavy atom.